The first-order valence-electron chi connectivity index (χ1n) is 7.91. The standard InChI is InChI=1S/C18H17ClN2O5/c1-25-16-7-11-5-6-20(10-12(11)8-17(16)26-2)18(22)14-4-3-13(19)9-15(14)21(23)24/h3-4,7-9H,5-6,10H2,1-2H3. The largest absolute Gasteiger partial charge is 0.493 e. The smallest absolute Gasteiger partial charge is 0.283 e. The minimum absolute atomic E-state index is 0.0309. The molecule has 8 heteroatoms. The van der Waals surface area contributed by atoms with Crippen LogP contribution in [0.3, 0.4) is 0 Å². The van der Waals surface area contributed by atoms with Crippen LogP contribution in [0.5, 0.6) is 11.5 Å². The molecule has 0 fully saturated rings. The Morgan fingerprint density at radius 3 is 2.42 bits per heavy atom. The first kappa shape index (κ1) is 18.0. The van der Waals surface area contributed by atoms with E-state index in [-0.39, 0.29) is 16.3 Å². The zero-order chi connectivity index (χ0) is 18.8. The van der Waals surface area contributed by atoms with Crippen LogP contribution in [-0.2, 0) is 13.0 Å². The Balaban J connectivity index is 1.92. The highest BCUT2D eigenvalue weighted by Gasteiger charge is 2.28. The quantitative estimate of drug-likeness (QED) is 0.602. The molecule has 136 valence electrons. The van der Waals surface area contributed by atoms with Crippen molar-refractivity contribution in [2.75, 3.05) is 20.8 Å². The van der Waals surface area contributed by atoms with Crippen LogP contribution in [0.2, 0.25) is 5.02 Å². The predicted molar refractivity (Wildman–Crippen MR) is 96.1 cm³/mol. The fourth-order valence-corrected chi connectivity index (χ4v) is 3.23. The molecule has 0 radical (unpaired) electrons. The highest BCUT2D eigenvalue weighted by Crippen LogP contribution is 2.34. The Labute approximate surface area is 155 Å². The third-order valence-electron chi connectivity index (χ3n) is 4.39. The van der Waals surface area contributed by atoms with Crippen molar-refractivity contribution in [2.24, 2.45) is 0 Å². The number of nitro benzene ring substituents is 1. The number of nitro groups is 1. The number of carbonyl (C=O) groups excluding carboxylic acids is 1. The molecule has 0 saturated carbocycles. The van der Waals surface area contributed by atoms with E-state index in [9.17, 15) is 14.9 Å². The average molecular weight is 377 g/mol. The van der Waals surface area contributed by atoms with Crippen LogP contribution in [-0.4, -0.2) is 36.5 Å². The second kappa shape index (κ2) is 7.21. The molecule has 0 bridgehead atoms. The second-order valence-corrected chi connectivity index (χ2v) is 6.31. The lowest BCUT2D eigenvalue weighted by Crippen LogP contribution is -2.36. The number of hydrogen-bond acceptors (Lipinski definition) is 5. The van der Waals surface area contributed by atoms with E-state index in [0.29, 0.717) is 31.0 Å². The van der Waals surface area contributed by atoms with Crippen LogP contribution >= 0.6 is 11.6 Å². The van der Waals surface area contributed by atoms with Crippen molar-refractivity contribution in [3.05, 3.63) is 62.2 Å². The topological polar surface area (TPSA) is 81.9 Å². The number of amides is 1. The van der Waals surface area contributed by atoms with Gasteiger partial charge in [-0.15, -0.1) is 0 Å². The molecular weight excluding hydrogens is 360 g/mol. The van der Waals surface area contributed by atoms with Gasteiger partial charge in [0.2, 0.25) is 0 Å². The number of ether oxygens (including phenoxy) is 2. The summed E-state index contributed by atoms with van der Waals surface area (Å²) in [7, 11) is 3.12. The van der Waals surface area contributed by atoms with E-state index in [1.807, 2.05) is 12.1 Å². The molecule has 1 aliphatic heterocycles. The maximum atomic E-state index is 12.8. The van der Waals surface area contributed by atoms with E-state index in [2.05, 4.69) is 0 Å². The Hall–Kier alpha value is -2.80. The number of fused-ring (bicyclic) bond motifs is 1. The minimum atomic E-state index is -0.592. The van der Waals surface area contributed by atoms with Gasteiger partial charge in [0.1, 0.15) is 5.56 Å². The molecule has 2 aromatic carbocycles. The van der Waals surface area contributed by atoms with Crippen LogP contribution in [0.4, 0.5) is 5.69 Å². The number of hydrogen-bond donors (Lipinski definition) is 0. The molecule has 0 aromatic heterocycles. The summed E-state index contributed by atoms with van der Waals surface area (Å²) in [6.45, 7) is 0.801. The fourth-order valence-electron chi connectivity index (χ4n) is 3.06. The van der Waals surface area contributed by atoms with Gasteiger partial charge in [-0.3, -0.25) is 14.9 Å². The summed E-state index contributed by atoms with van der Waals surface area (Å²) in [5.41, 5.74) is 1.74. The molecule has 1 heterocycles. The molecular formula is C18H17ClN2O5. The van der Waals surface area contributed by atoms with Crippen LogP contribution in [0.1, 0.15) is 21.5 Å². The minimum Gasteiger partial charge on any atom is -0.493 e. The molecule has 0 spiro atoms. The monoisotopic (exact) mass is 376 g/mol. The van der Waals surface area contributed by atoms with E-state index in [1.165, 1.54) is 18.2 Å². The molecule has 3 rings (SSSR count). The molecule has 7 nitrogen and oxygen atoms in total. The van der Waals surface area contributed by atoms with Gasteiger partial charge in [-0.1, -0.05) is 11.6 Å². The summed E-state index contributed by atoms with van der Waals surface area (Å²) in [6, 6.07) is 7.81. The maximum Gasteiger partial charge on any atom is 0.283 e. The third kappa shape index (κ3) is 3.30. The van der Waals surface area contributed by atoms with Crippen molar-refractivity contribution < 1.29 is 19.2 Å². The zero-order valence-corrected chi connectivity index (χ0v) is 15.1. The van der Waals surface area contributed by atoms with E-state index in [1.54, 1.807) is 19.1 Å². The van der Waals surface area contributed by atoms with Gasteiger partial charge in [0.05, 0.1) is 19.1 Å². The van der Waals surface area contributed by atoms with Crippen molar-refractivity contribution in [1.82, 2.24) is 4.90 Å². The van der Waals surface area contributed by atoms with Gasteiger partial charge in [0.15, 0.2) is 11.5 Å². The van der Waals surface area contributed by atoms with Crippen LogP contribution in [0.15, 0.2) is 30.3 Å². The third-order valence-corrected chi connectivity index (χ3v) is 4.63. The fraction of sp³-hybridized carbons (Fsp3) is 0.278. The van der Waals surface area contributed by atoms with E-state index in [0.717, 1.165) is 11.1 Å². The highest BCUT2D eigenvalue weighted by molar-refractivity contribution is 6.31. The van der Waals surface area contributed by atoms with Gasteiger partial charge in [0.25, 0.3) is 11.6 Å². The van der Waals surface area contributed by atoms with Crippen molar-refractivity contribution in [2.45, 2.75) is 13.0 Å². The first-order valence-corrected chi connectivity index (χ1v) is 8.29. The molecule has 0 unspecified atom stereocenters. The Morgan fingerprint density at radius 1 is 1.15 bits per heavy atom. The van der Waals surface area contributed by atoms with E-state index < -0.39 is 10.8 Å². The summed E-state index contributed by atoms with van der Waals surface area (Å²) >= 11 is 5.83. The molecule has 0 aliphatic carbocycles. The Kier molecular flexibility index (Phi) is 4.99. The molecule has 2 aromatic rings. The van der Waals surface area contributed by atoms with Crippen LogP contribution in [0.25, 0.3) is 0 Å². The van der Waals surface area contributed by atoms with Crippen molar-refractivity contribution >= 4 is 23.2 Å². The van der Waals surface area contributed by atoms with Gasteiger partial charge < -0.3 is 14.4 Å². The summed E-state index contributed by atoms with van der Waals surface area (Å²) in [4.78, 5) is 25.1. The lowest BCUT2D eigenvalue weighted by atomic mass is 9.98. The number of benzene rings is 2. The normalized spacial score (nSPS) is 13.1. The SMILES string of the molecule is COc1cc2c(cc1OC)CN(C(=O)c1ccc(Cl)cc1[N+](=O)[O-])CC2. The second-order valence-electron chi connectivity index (χ2n) is 5.87. The molecule has 0 atom stereocenters. The van der Waals surface area contributed by atoms with Gasteiger partial charge in [-0.2, -0.15) is 0 Å². The molecule has 26 heavy (non-hydrogen) atoms. The predicted octanol–water partition coefficient (Wildman–Crippen LogP) is 3.46. The first-order chi connectivity index (χ1) is 12.4. The highest BCUT2D eigenvalue weighted by atomic mass is 35.5. The van der Waals surface area contributed by atoms with Gasteiger partial charge >= 0.3 is 0 Å². The Morgan fingerprint density at radius 2 is 1.81 bits per heavy atom. The summed E-state index contributed by atoms with van der Waals surface area (Å²) in [5, 5.41) is 11.5. The van der Waals surface area contributed by atoms with Gasteiger partial charge in [-0.05, 0) is 41.8 Å². The number of nitrogens with zero attached hydrogens (tertiary/aromatic N) is 2. The summed E-state index contributed by atoms with van der Waals surface area (Å²) < 4.78 is 10.6. The van der Waals surface area contributed by atoms with Crippen LogP contribution in [0, 0.1) is 10.1 Å². The molecule has 0 saturated heterocycles. The van der Waals surface area contributed by atoms with Crippen molar-refractivity contribution in [3.8, 4) is 11.5 Å². The average Bonchev–Trinajstić information content (AvgIpc) is 2.65. The maximum absolute atomic E-state index is 12.8. The lowest BCUT2D eigenvalue weighted by molar-refractivity contribution is -0.385. The van der Waals surface area contributed by atoms with Crippen molar-refractivity contribution in [3.63, 3.8) is 0 Å². The molecule has 0 N–H and O–H groups in total. The summed E-state index contributed by atoms with van der Waals surface area (Å²) in [6.07, 6.45) is 0.628. The van der Waals surface area contributed by atoms with E-state index >= 15 is 0 Å². The number of methoxy groups -OCH3 is 2. The summed E-state index contributed by atoms with van der Waals surface area (Å²) in [5.74, 6) is 0.825. The van der Waals surface area contributed by atoms with E-state index in [4.69, 9.17) is 21.1 Å². The lowest BCUT2D eigenvalue weighted by Gasteiger charge is -2.29. The van der Waals surface area contributed by atoms with Crippen LogP contribution < -0.4 is 9.47 Å². The van der Waals surface area contributed by atoms with Gasteiger partial charge in [-0.25, -0.2) is 0 Å². The van der Waals surface area contributed by atoms with Crippen molar-refractivity contribution in [1.29, 1.82) is 0 Å². The molecule has 1 aliphatic rings. The number of rotatable bonds is 4. The Bertz CT molecular complexity index is 884. The molecule has 1 amide bonds. The van der Waals surface area contributed by atoms with Gasteiger partial charge in [0, 0.05) is 24.2 Å². The number of carbonyl (C=O) groups is 1. The number of halogens is 1. The zero-order valence-electron chi connectivity index (χ0n) is 14.3.